The van der Waals surface area contributed by atoms with Gasteiger partial charge in [0, 0.05) is 12.3 Å². The van der Waals surface area contributed by atoms with Gasteiger partial charge in [-0.05, 0) is 6.07 Å². The van der Waals surface area contributed by atoms with E-state index in [-0.39, 0.29) is 0 Å². The van der Waals surface area contributed by atoms with Gasteiger partial charge in [0.15, 0.2) is 0 Å². The molecule has 2 aromatic rings. The molecule has 1 N–H and O–H groups in total. The van der Waals surface area contributed by atoms with Gasteiger partial charge in [-0.2, -0.15) is 15.4 Å². The van der Waals surface area contributed by atoms with Gasteiger partial charge < -0.3 is 4.84 Å². The summed E-state index contributed by atoms with van der Waals surface area (Å²) in [5.74, 6) is 0.790. The van der Waals surface area contributed by atoms with Gasteiger partial charge >= 0.3 is 0 Å². The Morgan fingerprint density at radius 2 is 1.93 bits per heavy atom. The standard InChI is InChI=1S/C8H7N5O/c1-2-4-10-7(3-1)14-13-8-11-5-9-6-12-8/h1-6H,(H,9,11,12,13). The first-order valence-corrected chi connectivity index (χ1v) is 3.91. The highest BCUT2D eigenvalue weighted by atomic mass is 16.7. The molecule has 0 aromatic carbocycles. The molecule has 0 fully saturated rings. The van der Waals surface area contributed by atoms with E-state index in [9.17, 15) is 0 Å². The molecule has 2 rings (SSSR count). The molecule has 14 heavy (non-hydrogen) atoms. The summed E-state index contributed by atoms with van der Waals surface area (Å²) >= 11 is 0. The number of nitrogens with one attached hydrogen (secondary N) is 1. The zero-order chi connectivity index (χ0) is 9.64. The van der Waals surface area contributed by atoms with Crippen molar-refractivity contribution in [2.45, 2.75) is 0 Å². The van der Waals surface area contributed by atoms with E-state index in [1.807, 2.05) is 6.07 Å². The molecule has 0 spiro atoms. The maximum absolute atomic E-state index is 5.08. The third-order valence-electron chi connectivity index (χ3n) is 1.38. The first-order valence-electron chi connectivity index (χ1n) is 3.91. The molecule has 0 amide bonds. The van der Waals surface area contributed by atoms with Crippen molar-refractivity contribution < 1.29 is 4.84 Å². The molecule has 0 aliphatic carbocycles. The zero-order valence-electron chi connectivity index (χ0n) is 7.16. The summed E-state index contributed by atoms with van der Waals surface area (Å²) in [4.78, 5) is 20.3. The van der Waals surface area contributed by atoms with Crippen LogP contribution in [0.1, 0.15) is 0 Å². The Hall–Kier alpha value is -2.24. The van der Waals surface area contributed by atoms with E-state index in [0.29, 0.717) is 11.8 Å². The van der Waals surface area contributed by atoms with Crippen LogP contribution in [0.2, 0.25) is 0 Å². The van der Waals surface area contributed by atoms with Crippen molar-refractivity contribution in [2.75, 3.05) is 5.48 Å². The summed E-state index contributed by atoms with van der Waals surface area (Å²) in [5.41, 5.74) is 2.54. The van der Waals surface area contributed by atoms with Crippen LogP contribution in [0.4, 0.5) is 5.95 Å². The van der Waals surface area contributed by atoms with Crippen molar-refractivity contribution in [3.8, 4) is 5.88 Å². The van der Waals surface area contributed by atoms with Crippen molar-refractivity contribution in [1.29, 1.82) is 0 Å². The van der Waals surface area contributed by atoms with Crippen LogP contribution in [0.3, 0.4) is 0 Å². The minimum atomic E-state index is 0.339. The zero-order valence-corrected chi connectivity index (χ0v) is 7.16. The molecule has 0 aliphatic heterocycles. The number of aromatic nitrogens is 4. The van der Waals surface area contributed by atoms with Gasteiger partial charge in [0.25, 0.3) is 5.95 Å². The van der Waals surface area contributed by atoms with Crippen molar-refractivity contribution >= 4 is 5.95 Å². The third kappa shape index (κ3) is 2.13. The van der Waals surface area contributed by atoms with E-state index in [4.69, 9.17) is 4.84 Å². The number of pyridine rings is 1. The Bertz CT molecular complexity index is 340. The average molecular weight is 189 g/mol. The summed E-state index contributed by atoms with van der Waals surface area (Å²) in [6, 6.07) is 5.33. The van der Waals surface area contributed by atoms with Gasteiger partial charge in [0.1, 0.15) is 12.7 Å². The highest BCUT2D eigenvalue weighted by Gasteiger charge is 1.95. The molecule has 2 aromatic heterocycles. The molecule has 70 valence electrons. The van der Waals surface area contributed by atoms with E-state index in [0.717, 1.165) is 0 Å². The van der Waals surface area contributed by atoms with Gasteiger partial charge in [-0.25, -0.2) is 9.97 Å². The number of hydrogen-bond donors (Lipinski definition) is 1. The number of nitrogens with zero attached hydrogens (tertiary/aromatic N) is 4. The van der Waals surface area contributed by atoms with Gasteiger partial charge in [0.05, 0.1) is 0 Å². The molecular formula is C8H7N5O. The Morgan fingerprint density at radius 3 is 2.64 bits per heavy atom. The molecule has 6 heteroatoms. The van der Waals surface area contributed by atoms with Crippen LogP contribution < -0.4 is 10.3 Å². The smallest absolute Gasteiger partial charge is 0.259 e. The second-order valence-electron chi connectivity index (χ2n) is 2.33. The minimum absolute atomic E-state index is 0.339. The van der Waals surface area contributed by atoms with Gasteiger partial charge in [0.2, 0.25) is 5.88 Å². The van der Waals surface area contributed by atoms with Gasteiger partial charge in [-0.1, -0.05) is 6.07 Å². The molecule has 0 bridgehead atoms. The molecule has 2 heterocycles. The normalized spacial score (nSPS) is 9.43. The lowest BCUT2D eigenvalue weighted by atomic mass is 10.5. The van der Waals surface area contributed by atoms with E-state index in [1.54, 1.807) is 18.3 Å². The van der Waals surface area contributed by atoms with Crippen LogP contribution in [0.5, 0.6) is 5.88 Å². The monoisotopic (exact) mass is 189 g/mol. The minimum Gasteiger partial charge on any atom is -0.359 e. The van der Waals surface area contributed by atoms with E-state index in [2.05, 4.69) is 25.4 Å². The maximum Gasteiger partial charge on any atom is 0.259 e. The van der Waals surface area contributed by atoms with Crippen molar-refractivity contribution in [1.82, 2.24) is 19.9 Å². The van der Waals surface area contributed by atoms with Crippen molar-refractivity contribution in [3.05, 3.63) is 37.1 Å². The first-order chi connectivity index (χ1) is 6.95. The molecule has 0 unspecified atom stereocenters. The van der Waals surface area contributed by atoms with Crippen molar-refractivity contribution in [3.63, 3.8) is 0 Å². The lowest BCUT2D eigenvalue weighted by Crippen LogP contribution is -2.08. The Morgan fingerprint density at radius 1 is 1.07 bits per heavy atom. The Balaban J connectivity index is 1.96. The molecule has 0 saturated carbocycles. The SMILES string of the molecule is c1ccc(ONc2ncncn2)nc1. The lowest BCUT2D eigenvalue weighted by Gasteiger charge is -2.03. The predicted molar refractivity (Wildman–Crippen MR) is 48.3 cm³/mol. The topological polar surface area (TPSA) is 72.8 Å². The largest absolute Gasteiger partial charge is 0.359 e. The van der Waals surface area contributed by atoms with Crippen molar-refractivity contribution in [2.24, 2.45) is 0 Å². The van der Waals surface area contributed by atoms with E-state index in [1.165, 1.54) is 12.7 Å². The van der Waals surface area contributed by atoms with Crippen LogP contribution in [0.15, 0.2) is 37.1 Å². The molecule has 0 atom stereocenters. The van der Waals surface area contributed by atoms with Crippen LogP contribution in [0.25, 0.3) is 0 Å². The molecular weight excluding hydrogens is 182 g/mol. The Kier molecular flexibility index (Phi) is 2.46. The fraction of sp³-hybridized carbons (Fsp3) is 0. The second kappa shape index (κ2) is 4.13. The number of hydrogen-bond acceptors (Lipinski definition) is 6. The van der Waals surface area contributed by atoms with Gasteiger partial charge in [-0.3, -0.25) is 0 Å². The van der Waals surface area contributed by atoms with Crippen LogP contribution in [0, 0.1) is 0 Å². The van der Waals surface area contributed by atoms with E-state index >= 15 is 0 Å². The highest BCUT2D eigenvalue weighted by Crippen LogP contribution is 2.03. The lowest BCUT2D eigenvalue weighted by molar-refractivity contribution is 0.383. The summed E-state index contributed by atoms with van der Waals surface area (Å²) in [7, 11) is 0. The fourth-order valence-corrected chi connectivity index (χ4v) is 0.797. The highest BCUT2D eigenvalue weighted by molar-refractivity contribution is 5.19. The molecule has 0 radical (unpaired) electrons. The van der Waals surface area contributed by atoms with Gasteiger partial charge in [-0.15, -0.1) is 0 Å². The number of rotatable bonds is 3. The summed E-state index contributed by atoms with van der Waals surface area (Å²) in [5, 5.41) is 0. The molecule has 0 saturated heterocycles. The van der Waals surface area contributed by atoms with Crippen LogP contribution in [-0.2, 0) is 0 Å². The maximum atomic E-state index is 5.08. The summed E-state index contributed by atoms with van der Waals surface area (Å²) in [6.45, 7) is 0. The summed E-state index contributed by atoms with van der Waals surface area (Å²) in [6.07, 6.45) is 4.37. The molecule has 6 nitrogen and oxygen atoms in total. The average Bonchev–Trinajstić information content (AvgIpc) is 2.29. The quantitative estimate of drug-likeness (QED) is 0.715. The Labute approximate surface area is 80.0 Å². The van der Waals surface area contributed by atoms with Crippen LogP contribution in [-0.4, -0.2) is 19.9 Å². The molecule has 0 aliphatic rings. The predicted octanol–water partition coefficient (Wildman–Crippen LogP) is 0.672. The van der Waals surface area contributed by atoms with E-state index < -0.39 is 0 Å². The van der Waals surface area contributed by atoms with Crippen LogP contribution >= 0.6 is 0 Å². The first kappa shape index (κ1) is 8.36. The summed E-state index contributed by atoms with van der Waals surface area (Å²) < 4.78 is 0. The third-order valence-corrected chi connectivity index (χ3v) is 1.38. The number of anilines is 1. The second-order valence-corrected chi connectivity index (χ2v) is 2.33. The fourth-order valence-electron chi connectivity index (χ4n) is 0.797.